The van der Waals surface area contributed by atoms with Crippen molar-refractivity contribution in [2.45, 2.75) is 31.2 Å². The van der Waals surface area contributed by atoms with Crippen LogP contribution in [0.2, 0.25) is 0 Å². The molecule has 2 aliphatic heterocycles. The Labute approximate surface area is 150 Å². The predicted octanol–water partition coefficient (Wildman–Crippen LogP) is 2.37. The molecule has 2 aromatic heterocycles. The molecule has 4 rings (SSSR count). The van der Waals surface area contributed by atoms with Crippen LogP contribution < -0.4 is 10.6 Å². The van der Waals surface area contributed by atoms with Gasteiger partial charge in [0.15, 0.2) is 11.8 Å². The van der Waals surface area contributed by atoms with Gasteiger partial charge in [0.1, 0.15) is 0 Å². The van der Waals surface area contributed by atoms with Gasteiger partial charge in [0, 0.05) is 43.1 Å². The van der Waals surface area contributed by atoms with Crippen molar-refractivity contribution >= 4 is 27.5 Å². The van der Waals surface area contributed by atoms with Crippen LogP contribution in [0.25, 0.3) is 5.65 Å². The van der Waals surface area contributed by atoms with E-state index in [4.69, 9.17) is 10.5 Å². The van der Waals surface area contributed by atoms with Gasteiger partial charge in [0.2, 0.25) is 5.95 Å². The first-order valence-electron chi connectivity index (χ1n) is 7.98. The Morgan fingerprint density at radius 3 is 2.64 bits per heavy atom. The van der Waals surface area contributed by atoms with Crippen LogP contribution in [-0.2, 0) is 4.74 Å². The fourth-order valence-electron chi connectivity index (χ4n) is 3.81. The topological polar surface area (TPSA) is 68.7 Å². The van der Waals surface area contributed by atoms with Gasteiger partial charge in [-0.05, 0) is 28.8 Å². The number of nitrogens with zero attached hydrogens (tertiary/aromatic N) is 4. The number of alkyl halides is 3. The molecule has 0 saturated carbocycles. The second-order valence-corrected chi connectivity index (χ2v) is 7.53. The number of halogens is 4. The zero-order valence-electron chi connectivity index (χ0n) is 13.2. The van der Waals surface area contributed by atoms with Crippen molar-refractivity contribution in [2.75, 3.05) is 24.6 Å². The van der Waals surface area contributed by atoms with Crippen LogP contribution >= 0.6 is 15.9 Å². The van der Waals surface area contributed by atoms with Gasteiger partial charge in [-0.1, -0.05) is 0 Å². The number of piperidine rings is 1. The van der Waals surface area contributed by atoms with E-state index in [9.17, 15) is 13.2 Å². The van der Waals surface area contributed by atoms with Gasteiger partial charge in [-0.3, -0.25) is 4.40 Å². The summed E-state index contributed by atoms with van der Waals surface area (Å²) in [6.07, 6.45) is -0.0289. The summed E-state index contributed by atoms with van der Waals surface area (Å²) < 4.78 is 46.8. The molecule has 2 fully saturated rings. The lowest BCUT2D eigenvalue weighted by atomic mass is 9.73. The molecule has 4 heterocycles. The molecule has 0 amide bonds. The molecular formula is C15H17BrF3N5O. The first-order chi connectivity index (χ1) is 11.8. The summed E-state index contributed by atoms with van der Waals surface area (Å²) in [6.45, 7) is 1.20. The number of nitrogens with two attached hydrogens (primary N) is 1. The molecular weight excluding hydrogens is 403 g/mol. The monoisotopic (exact) mass is 419 g/mol. The Balaban J connectivity index is 1.54. The average Bonchev–Trinajstić information content (AvgIpc) is 3.16. The van der Waals surface area contributed by atoms with Crippen LogP contribution in [0.4, 0.5) is 19.1 Å². The molecule has 2 atom stereocenters. The number of rotatable bonds is 1. The average molecular weight is 420 g/mol. The van der Waals surface area contributed by atoms with E-state index in [0.717, 1.165) is 16.1 Å². The van der Waals surface area contributed by atoms with Gasteiger partial charge in [-0.15, -0.1) is 0 Å². The van der Waals surface area contributed by atoms with E-state index in [0.29, 0.717) is 25.9 Å². The van der Waals surface area contributed by atoms with Crippen molar-refractivity contribution < 1.29 is 17.9 Å². The second-order valence-electron chi connectivity index (χ2n) is 6.68. The third-order valence-corrected chi connectivity index (χ3v) is 5.87. The molecule has 0 unspecified atom stereocenters. The molecule has 2 aromatic rings. The number of hydrogen-bond acceptors (Lipinski definition) is 5. The van der Waals surface area contributed by atoms with Gasteiger partial charge < -0.3 is 15.4 Å². The van der Waals surface area contributed by atoms with Crippen LogP contribution in [0.1, 0.15) is 12.8 Å². The summed E-state index contributed by atoms with van der Waals surface area (Å²) in [5.41, 5.74) is 6.08. The normalized spacial score (nSPS) is 26.7. The predicted molar refractivity (Wildman–Crippen MR) is 88.3 cm³/mol. The third kappa shape index (κ3) is 2.70. The minimum atomic E-state index is -4.42. The summed E-state index contributed by atoms with van der Waals surface area (Å²) in [7, 11) is 0. The summed E-state index contributed by atoms with van der Waals surface area (Å²) in [5, 5.41) is 0. The lowest BCUT2D eigenvalue weighted by molar-refractivity contribution is -0.209. The molecule has 0 aromatic carbocycles. The highest BCUT2D eigenvalue weighted by Gasteiger charge is 2.58. The maximum atomic E-state index is 13.0. The smallest absolute Gasteiger partial charge is 0.366 e. The fraction of sp³-hybridized carbons (Fsp3) is 0.600. The highest BCUT2D eigenvalue weighted by Crippen LogP contribution is 2.45. The number of ether oxygens (including phenoxy) is 1. The maximum absolute atomic E-state index is 13.0. The summed E-state index contributed by atoms with van der Waals surface area (Å²) in [6, 6.07) is -1.03. The summed E-state index contributed by atoms with van der Waals surface area (Å²) in [4.78, 5) is 10.8. The number of imidazole rings is 1. The van der Waals surface area contributed by atoms with Gasteiger partial charge in [0.05, 0.1) is 11.1 Å². The molecule has 0 radical (unpaired) electrons. The Morgan fingerprint density at radius 1 is 1.28 bits per heavy atom. The van der Waals surface area contributed by atoms with Crippen LogP contribution in [0.15, 0.2) is 23.1 Å². The van der Waals surface area contributed by atoms with Crippen molar-refractivity contribution in [1.29, 1.82) is 0 Å². The van der Waals surface area contributed by atoms with E-state index >= 15 is 0 Å². The number of aromatic nitrogens is 3. The first kappa shape index (κ1) is 17.0. The van der Waals surface area contributed by atoms with Crippen molar-refractivity contribution in [3.63, 3.8) is 0 Å². The van der Waals surface area contributed by atoms with Crippen molar-refractivity contribution in [1.82, 2.24) is 14.4 Å². The zero-order chi connectivity index (χ0) is 17.8. The Bertz CT molecular complexity index is 787. The van der Waals surface area contributed by atoms with E-state index in [2.05, 4.69) is 30.8 Å². The lowest BCUT2D eigenvalue weighted by Gasteiger charge is -2.41. The largest absolute Gasteiger partial charge is 0.416 e. The number of anilines is 1. The van der Waals surface area contributed by atoms with E-state index in [1.165, 1.54) is 0 Å². The van der Waals surface area contributed by atoms with Crippen LogP contribution in [0.5, 0.6) is 0 Å². The molecule has 10 heteroatoms. The highest BCUT2D eigenvalue weighted by molar-refractivity contribution is 9.10. The molecule has 25 heavy (non-hydrogen) atoms. The first-order valence-corrected chi connectivity index (χ1v) is 8.78. The van der Waals surface area contributed by atoms with Crippen molar-refractivity contribution in [3.05, 3.63) is 23.1 Å². The number of fused-ring (bicyclic) bond motifs is 1. The van der Waals surface area contributed by atoms with Crippen molar-refractivity contribution in [3.8, 4) is 0 Å². The minimum Gasteiger partial charge on any atom is -0.366 e. The molecule has 6 nitrogen and oxygen atoms in total. The molecule has 1 spiro atoms. The molecule has 2 saturated heterocycles. The van der Waals surface area contributed by atoms with Crippen LogP contribution in [0.3, 0.4) is 0 Å². The summed E-state index contributed by atoms with van der Waals surface area (Å²) in [5.74, 6) is 0.727. The second kappa shape index (κ2) is 5.82. The lowest BCUT2D eigenvalue weighted by Crippen LogP contribution is -2.54. The molecule has 2 aliphatic rings. The van der Waals surface area contributed by atoms with Gasteiger partial charge in [0.25, 0.3) is 0 Å². The van der Waals surface area contributed by atoms with Gasteiger partial charge in [-0.25, -0.2) is 9.97 Å². The zero-order valence-corrected chi connectivity index (χ0v) is 14.8. The van der Waals surface area contributed by atoms with Crippen LogP contribution in [-0.4, -0.2) is 52.4 Å². The Hall–Kier alpha value is -1.39. The Morgan fingerprint density at radius 2 is 2.00 bits per heavy atom. The number of hydrogen-bond donors (Lipinski definition) is 1. The summed E-state index contributed by atoms with van der Waals surface area (Å²) >= 11 is 3.41. The van der Waals surface area contributed by atoms with E-state index in [1.807, 2.05) is 10.6 Å². The fourth-order valence-corrected chi connectivity index (χ4v) is 4.21. The molecule has 0 aliphatic carbocycles. The van der Waals surface area contributed by atoms with Crippen molar-refractivity contribution in [2.24, 2.45) is 11.1 Å². The third-order valence-electron chi connectivity index (χ3n) is 5.31. The quantitative estimate of drug-likeness (QED) is 0.768. The van der Waals surface area contributed by atoms with Gasteiger partial charge >= 0.3 is 6.18 Å². The minimum absolute atomic E-state index is 0.0560. The van der Waals surface area contributed by atoms with E-state index in [1.54, 1.807) is 12.4 Å². The SMILES string of the molecule is N[C@@H]1[C@H](C(F)(F)F)OCC12CCN(c1ncc(Br)c3nccn13)CC2. The maximum Gasteiger partial charge on any atom is 0.416 e. The molecule has 136 valence electrons. The van der Waals surface area contributed by atoms with Crippen LogP contribution in [0, 0.1) is 5.41 Å². The van der Waals surface area contributed by atoms with E-state index < -0.39 is 23.7 Å². The molecule has 0 bridgehead atoms. The molecule has 2 N–H and O–H groups in total. The highest BCUT2D eigenvalue weighted by atomic mass is 79.9. The Kier molecular flexibility index (Phi) is 3.97. The standard InChI is InChI=1S/C15H17BrF3N5O/c16-9-7-22-13(24-6-3-21-12(9)24)23-4-1-14(2-5-23)8-25-11(10(14)20)15(17,18)19/h3,6-7,10-11H,1-2,4-5,8,20H2/t10-,11-/m1/s1. The van der Waals surface area contributed by atoms with Gasteiger partial charge in [-0.2, -0.15) is 13.2 Å². The van der Waals surface area contributed by atoms with E-state index in [-0.39, 0.29) is 6.61 Å².